The quantitative estimate of drug-likeness (QED) is 0.856. The second kappa shape index (κ2) is 4.96. The van der Waals surface area contributed by atoms with E-state index < -0.39 is 0 Å². The molecule has 18 heavy (non-hydrogen) atoms. The summed E-state index contributed by atoms with van der Waals surface area (Å²) in [5.74, 6) is 0.140. The standard InChI is InChI=1S/C14H12BrNOS/c15-12-5-6-18-14(12)13(17)11-8-16-7-9-3-1-2-4-10(9)11/h1-6,11,16H,7-8H2. The van der Waals surface area contributed by atoms with Crippen molar-refractivity contribution in [3.63, 3.8) is 0 Å². The molecule has 92 valence electrons. The molecule has 0 radical (unpaired) electrons. The Labute approximate surface area is 118 Å². The Kier molecular flexibility index (Phi) is 3.33. The fourth-order valence-corrected chi connectivity index (χ4v) is 3.92. The Bertz CT molecular complexity index is 593. The van der Waals surface area contributed by atoms with Gasteiger partial charge in [-0.05, 0) is 38.5 Å². The molecule has 1 atom stereocenters. The SMILES string of the molecule is O=C(c1sccc1Br)C1CNCc2ccccc21. The number of rotatable bonds is 2. The predicted octanol–water partition coefficient (Wildman–Crippen LogP) is 3.58. The average Bonchev–Trinajstić information content (AvgIpc) is 2.83. The molecular formula is C14H12BrNOS. The number of halogens is 1. The molecule has 1 aromatic heterocycles. The number of carbonyl (C=O) groups is 1. The molecule has 1 aliphatic rings. The molecule has 1 N–H and O–H groups in total. The van der Waals surface area contributed by atoms with Crippen LogP contribution in [0.25, 0.3) is 0 Å². The molecule has 1 aliphatic heterocycles. The summed E-state index contributed by atoms with van der Waals surface area (Å²) in [5, 5.41) is 5.27. The van der Waals surface area contributed by atoms with Crippen molar-refractivity contribution < 1.29 is 4.79 Å². The van der Waals surface area contributed by atoms with Crippen LogP contribution >= 0.6 is 27.3 Å². The molecule has 2 heterocycles. The smallest absolute Gasteiger partial charge is 0.182 e. The average molecular weight is 322 g/mol. The van der Waals surface area contributed by atoms with Crippen LogP contribution in [0.3, 0.4) is 0 Å². The summed E-state index contributed by atoms with van der Waals surface area (Å²) in [6.45, 7) is 1.58. The molecular weight excluding hydrogens is 310 g/mol. The molecule has 0 fully saturated rings. The van der Waals surface area contributed by atoms with E-state index in [1.807, 2.05) is 23.6 Å². The fourth-order valence-electron chi connectivity index (χ4n) is 2.36. The van der Waals surface area contributed by atoms with Crippen LogP contribution in [0.5, 0.6) is 0 Å². The van der Waals surface area contributed by atoms with Crippen molar-refractivity contribution >= 4 is 33.0 Å². The number of carbonyl (C=O) groups excluding carboxylic acids is 1. The van der Waals surface area contributed by atoms with E-state index in [0.717, 1.165) is 22.4 Å². The summed E-state index contributed by atoms with van der Waals surface area (Å²) >= 11 is 4.94. The first kappa shape index (κ1) is 12.1. The van der Waals surface area contributed by atoms with Crippen LogP contribution < -0.4 is 5.32 Å². The van der Waals surface area contributed by atoms with Crippen LogP contribution in [0.1, 0.15) is 26.7 Å². The van der Waals surface area contributed by atoms with Gasteiger partial charge < -0.3 is 5.32 Å². The number of Topliss-reactive ketones (excluding diaryl/α,β-unsaturated/α-hetero) is 1. The third-order valence-corrected chi connectivity index (χ3v) is 5.10. The molecule has 0 aliphatic carbocycles. The Morgan fingerprint density at radius 2 is 2.17 bits per heavy atom. The van der Waals surface area contributed by atoms with E-state index in [2.05, 4.69) is 33.4 Å². The van der Waals surface area contributed by atoms with Gasteiger partial charge in [0.05, 0.1) is 10.8 Å². The summed E-state index contributed by atoms with van der Waals surface area (Å²) in [4.78, 5) is 13.4. The van der Waals surface area contributed by atoms with Gasteiger partial charge in [0.25, 0.3) is 0 Å². The van der Waals surface area contributed by atoms with E-state index in [4.69, 9.17) is 0 Å². The van der Waals surface area contributed by atoms with Gasteiger partial charge in [0.2, 0.25) is 0 Å². The molecule has 0 amide bonds. The van der Waals surface area contributed by atoms with Crippen LogP contribution in [-0.4, -0.2) is 12.3 Å². The minimum absolute atomic E-state index is 0.0649. The molecule has 0 spiro atoms. The number of thiophene rings is 1. The maximum Gasteiger partial charge on any atom is 0.182 e. The molecule has 2 nitrogen and oxygen atoms in total. The lowest BCUT2D eigenvalue weighted by Crippen LogP contribution is -2.32. The lowest BCUT2D eigenvalue weighted by Gasteiger charge is -2.25. The Morgan fingerprint density at radius 3 is 2.94 bits per heavy atom. The summed E-state index contributed by atoms with van der Waals surface area (Å²) in [6, 6.07) is 10.1. The monoisotopic (exact) mass is 321 g/mol. The van der Waals surface area contributed by atoms with Crippen LogP contribution in [0.15, 0.2) is 40.2 Å². The van der Waals surface area contributed by atoms with E-state index in [-0.39, 0.29) is 11.7 Å². The van der Waals surface area contributed by atoms with Crippen molar-refractivity contribution in [1.82, 2.24) is 5.32 Å². The van der Waals surface area contributed by atoms with Gasteiger partial charge in [0.15, 0.2) is 5.78 Å². The Hall–Kier alpha value is -0.970. The van der Waals surface area contributed by atoms with Gasteiger partial charge in [-0.25, -0.2) is 0 Å². The lowest BCUT2D eigenvalue weighted by atomic mass is 9.87. The van der Waals surface area contributed by atoms with Crippen molar-refractivity contribution in [2.75, 3.05) is 6.54 Å². The topological polar surface area (TPSA) is 29.1 Å². The van der Waals surface area contributed by atoms with E-state index in [0.29, 0.717) is 0 Å². The third-order valence-electron chi connectivity index (χ3n) is 3.25. The highest BCUT2D eigenvalue weighted by Crippen LogP contribution is 2.32. The first-order valence-corrected chi connectivity index (χ1v) is 7.50. The maximum absolute atomic E-state index is 12.6. The first-order chi connectivity index (χ1) is 8.77. The van der Waals surface area contributed by atoms with Gasteiger partial charge in [-0.3, -0.25) is 4.79 Å². The summed E-state index contributed by atoms with van der Waals surface area (Å²) < 4.78 is 0.903. The van der Waals surface area contributed by atoms with E-state index in [9.17, 15) is 4.79 Å². The molecule has 1 unspecified atom stereocenters. The van der Waals surface area contributed by atoms with Gasteiger partial charge in [-0.15, -0.1) is 11.3 Å². The second-order valence-corrected chi connectivity index (χ2v) is 6.11. The molecule has 2 aromatic rings. The van der Waals surface area contributed by atoms with Crippen molar-refractivity contribution in [2.45, 2.75) is 12.5 Å². The number of benzene rings is 1. The number of fused-ring (bicyclic) bond motifs is 1. The zero-order chi connectivity index (χ0) is 12.5. The van der Waals surface area contributed by atoms with Crippen LogP contribution in [-0.2, 0) is 6.54 Å². The van der Waals surface area contributed by atoms with Gasteiger partial charge in [0.1, 0.15) is 0 Å². The van der Waals surface area contributed by atoms with Gasteiger partial charge in [-0.2, -0.15) is 0 Å². The number of nitrogens with one attached hydrogen (secondary N) is 1. The minimum Gasteiger partial charge on any atom is -0.312 e. The molecule has 0 saturated carbocycles. The van der Waals surface area contributed by atoms with Crippen molar-refractivity contribution in [3.8, 4) is 0 Å². The number of ketones is 1. The van der Waals surface area contributed by atoms with Crippen LogP contribution in [0, 0.1) is 0 Å². The van der Waals surface area contributed by atoms with Crippen molar-refractivity contribution in [3.05, 3.63) is 56.2 Å². The zero-order valence-electron chi connectivity index (χ0n) is 9.65. The van der Waals surface area contributed by atoms with Crippen molar-refractivity contribution in [1.29, 1.82) is 0 Å². The highest BCUT2D eigenvalue weighted by atomic mass is 79.9. The lowest BCUT2D eigenvalue weighted by molar-refractivity contribution is 0.0958. The van der Waals surface area contributed by atoms with E-state index in [1.165, 1.54) is 22.5 Å². The minimum atomic E-state index is -0.0649. The zero-order valence-corrected chi connectivity index (χ0v) is 12.1. The maximum atomic E-state index is 12.6. The molecule has 1 aromatic carbocycles. The van der Waals surface area contributed by atoms with Crippen molar-refractivity contribution in [2.24, 2.45) is 0 Å². The number of hydrogen-bond acceptors (Lipinski definition) is 3. The highest BCUT2D eigenvalue weighted by Gasteiger charge is 2.28. The normalized spacial score (nSPS) is 18.4. The first-order valence-electron chi connectivity index (χ1n) is 5.83. The van der Waals surface area contributed by atoms with Crippen LogP contribution in [0.4, 0.5) is 0 Å². The highest BCUT2D eigenvalue weighted by molar-refractivity contribution is 9.10. The van der Waals surface area contributed by atoms with Gasteiger partial charge >= 0.3 is 0 Å². The predicted molar refractivity (Wildman–Crippen MR) is 77.2 cm³/mol. The van der Waals surface area contributed by atoms with E-state index in [1.54, 1.807) is 0 Å². The third kappa shape index (κ3) is 2.05. The summed E-state index contributed by atoms with van der Waals surface area (Å²) in [5.41, 5.74) is 2.40. The Balaban J connectivity index is 2.00. The fraction of sp³-hybridized carbons (Fsp3) is 0.214. The molecule has 0 saturated heterocycles. The number of hydrogen-bond donors (Lipinski definition) is 1. The molecule has 3 rings (SSSR count). The Morgan fingerprint density at radius 1 is 1.33 bits per heavy atom. The largest absolute Gasteiger partial charge is 0.312 e. The molecule has 0 bridgehead atoms. The van der Waals surface area contributed by atoms with Gasteiger partial charge in [0, 0.05) is 17.6 Å². The van der Waals surface area contributed by atoms with E-state index >= 15 is 0 Å². The second-order valence-electron chi connectivity index (χ2n) is 4.34. The molecule has 4 heteroatoms. The van der Waals surface area contributed by atoms with Crippen LogP contribution in [0.2, 0.25) is 0 Å². The summed E-state index contributed by atoms with van der Waals surface area (Å²) in [7, 11) is 0. The van der Waals surface area contributed by atoms with Gasteiger partial charge in [-0.1, -0.05) is 24.3 Å². The summed E-state index contributed by atoms with van der Waals surface area (Å²) in [6.07, 6.45) is 0.